The first kappa shape index (κ1) is 14.2. The van der Waals surface area contributed by atoms with Crippen LogP contribution in [0.2, 0.25) is 0 Å². The first-order chi connectivity index (χ1) is 10.0. The largest absolute Gasteiger partial charge is 0.495 e. The third kappa shape index (κ3) is 3.04. The molecular formula is C15H14N4O2. The number of nitrogen functional groups attached to an aromatic ring is 1. The van der Waals surface area contributed by atoms with Gasteiger partial charge in [-0.1, -0.05) is 0 Å². The van der Waals surface area contributed by atoms with Crippen molar-refractivity contribution in [3.8, 4) is 11.8 Å². The standard InChI is InChI=1S/C15H14N4O2/c1-21-14-6-9(8-16)2-5-12(14)19-13-7-10(17)3-4-11(13)15(18)20/h2-7,19H,17H2,1H3,(H2,18,20). The van der Waals surface area contributed by atoms with Gasteiger partial charge in [-0.25, -0.2) is 0 Å². The zero-order chi connectivity index (χ0) is 15.4. The molecule has 0 aromatic heterocycles. The molecule has 6 nitrogen and oxygen atoms in total. The Labute approximate surface area is 121 Å². The van der Waals surface area contributed by atoms with Gasteiger partial charge in [0.15, 0.2) is 0 Å². The Morgan fingerprint density at radius 1 is 1.24 bits per heavy atom. The van der Waals surface area contributed by atoms with Crippen molar-refractivity contribution in [3.63, 3.8) is 0 Å². The molecule has 21 heavy (non-hydrogen) atoms. The van der Waals surface area contributed by atoms with E-state index in [1.165, 1.54) is 7.11 Å². The smallest absolute Gasteiger partial charge is 0.250 e. The van der Waals surface area contributed by atoms with Gasteiger partial charge < -0.3 is 21.5 Å². The van der Waals surface area contributed by atoms with Crippen LogP contribution >= 0.6 is 0 Å². The number of primary amides is 1. The second kappa shape index (κ2) is 5.84. The van der Waals surface area contributed by atoms with Gasteiger partial charge in [0, 0.05) is 11.8 Å². The molecule has 0 aliphatic rings. The van der Waals surface area contributed by atoms with Gasteiger partial charge in [-0.05, 0) is 30.3 Å². The van der Waals surface area contributed by atoms with E-state index in [1.807, 2.05) is 6.07 Å². The van der Waals surface area contributed by atoms with Gasteiger partial charge in [-0.2, -0.15) is 5.26 Å². The number of benzene rings is 2. The number of nitrogens with one attached hydrogen (secondary N) is 1. The summed E-state index contributed by atoms with van der Waals surface area (Å²) >= 11 is 0. The number of ether oxygens (including phenoxy) is 1. The maximum absolute atomic E-state index is 11.4. The number of carbonyl (C=O) groups excluding carboxylic acids is 1. The molecular weight excluding hydrogens is 268 g/mol. The van der Waals surface area contributed by atoms with Crippen LogP contribution in [0.15, 0.2) is 36.4 Å². The molecule has 2 aromatic carbocycles. The van der Waals surface area contributed by atoms with E-state index in [0.717, 1.165) is 0 Å². The lowest BCUT2D eigenvalue weighted by Crippen LogP contribution is -2.13. The monoisotopic (exact) mass is 282 g/mol. The number of hydrogen-bond acceptors (Lipinski definition) is 5. The van der Waals surface area contributed by atoms with Crippen LogP contribution in [0.1, 0.15) is 15.9 Å². The molecule has 5 N–H and O–H groups in total. The zero-order valence-electron chi connectivity index (χ0n) is 11.4. The molecule has 0 bridgehead atoms. The maximum Gasteiger partial charge on any atom is 0.250 e. The Kier molecular flexibility index (Phi) is 3.95. The minimum atomic E-state index is -0.565. The normalized spacial score (nSPS) is 9.71. The summed E-state index contributed by atoms with van der Waals surface area (Å²) in [6, 6.07) is 11.7. The molecule has 0 aliphatic carbocycles. The van der Waals surface area contributed by atoms with Gasteiger partial charge >= 0.3 is 0 Å². The minimum Gasteiger partial charge on any atom is -0.495 e. The highest BCUT2D eigenvalue weighted by atomic mass is 16.5. The Morgan fingerprint density at radius 2 is 2.00 bits per heavy atom. The van der Waals surface area contributed by atoms with E-state index in [-0.39, 0.29) is 0 Å². The van der Waals surface area contributed by atoms with Crippen LogP contribution < -0.4 is 21.5 Å². The number of hydrogen-bond donors (Lipinski definition) is 3. The van der Waals surface area contributed by atoms with Crippen molar-refractivity contribution in [2.45, 2.75) is 0 Å². The van der Waals surface area contributed by atoms with Crippen molar-refractivity contribution >= 4 is 23.0 Å². The third-order valence-corrected chi connectivity index (χ3v) is 2.91. The molecule has 2 rings (SSSR count). The summed E-state index contributed by atoms with van der Waals surface area (Å²) < 4.78 is 5.23. The summed E-state index contributed by atoms with van der Waals surface area (Å²) in [6.07, 6.45) is 0. The number of nitriles is 1. The van der Waals surface area contributed by atoms with E-state index >= 15 is 0 Å². The number of carbonyl (C=O) groups is 1. The fourth-order valence-electron chi connectivity index (χ4n) is 1.89. The number of anilines is 3. The number of methoxy groups -OCH3 is 1. The summed E-state index contributed by atoms with van der Waals surface area (Å²) in [5.41, 5.74) is 13.4. The van der Waals surface area contributed by atoms with Crippen molar-refractivity contribution in [1.29, 1.82) is 5.26 Å². The summed E-state index contributed by atoms with van der Waals surface area (Å²) in [6.45, 7) is 0. The number of nitrogens with zero attached hydrogens (tertiary/aromatic N) is 1. The lowest BCUT2D eigenvalue weighted by atomic mass is 10.1. The van der Waals surface area contributed by atoms with Gasteiger partial charge in [0.2, 0.25) is 0 Å². The average Bonchev–Trinajstić information content (AvgIpc) is 2.47. The van der Waals surface area contributed by atoms with Crippen LogP contribution in [0, 0.1) is 11.3 Å². The summed E-state index contributed by atoms with van der Waals surface area (Å²) in [7, 11) is 1.50. The van der Waals surface area contributed by atoms with E-state index in [2.05, 4.69) is 5.32 Å². The molecule has 1 amide bonds. The van der Waals surface area contributed by atoms with E-state index < -0.39 is 5.91 Å². The van der Waals surface area contributed by atoms with E-state index in [1.54, 1.807) is 36.4 Å². The Bertz CT molecular complexity index is 735. The minimum absolute atomic E-state index is 0.315. The van der Waals surface area contributed by atoms with Crippen LogP contribution in [-0.2, 0) is 0 Å². The van der Waals surface area contributed by atoms with Crippen molar-refractivity contribution in [2.75, 3.05) is 18.2 Å². The number of rotatable bonds is 4. The predicted octanol–water partition coefficient (Wildman–Crippen LogP) is 1.99. The fraction of sp³-hybridized carbons (Fsp3) is 0.0667. The molecule has 0 spiro atoms. The van der Waals surface area contributed by atoms with Crippen molar-refractivity contribution in [1.82, 2.24) is 0 Å². The molecule has 0 saturated carbocycles. The van der Waals surface area contributed by atoms with Crippen LogP contribution in [0.5, 0.6) is 5.75 Å². The molecule has 0 aliphatic heterocycles. The zero-order valence-corrected chi connectivity index (χ0v) is 11.4. The maximum atomic E-state index is 11.4. The van der Waals surface area contributed by atoms with Crippen LogP contribution in [0.4, 0.5) is 17.1 Å². The van der Waals surface area contributed by atoms with Gasteiger partial charge in [-0.15, -0.1) is 0 Å². The first-order valence-corrected chi connectivity index (χ1v) is 6.09. The summed E-state index contributed by atoms with van der Waals surface area (Å²) in [4.78, 5) is 11.4. The number of amides is 1. The molecule has 0 heterocycles. The highest BCUT2D eigenvalue weighted by Gasteiger charge is 2.11. The Morgan fingerprint density at radius 3 is 2.62 bits per heavy atom. The SMILES string of the molecule is COc1cc(C#N)ccc1Nc1cc(N)ccc1C(N)=O. The van der Waals surface area contributed by atoms with Gasteiger partial charge in [0.1, 0.15) is 5.75 Å². The molecule has 106 valence electrons. The van der Waals surface area contributed by atoms with Gasteiger partial charge in [0.05, 0.1) is 35.7 Å². The molecule has 2 aromatic rings. The second-order valence-corrected chi connectivity index (χ2v) is 4.32. The lowest BCUT2D eigenvalue weighted by Gasteiger charge is -2.14. The topological polar surface area (TPSA) is 114 Å². The first-order valence-electron chi connectivity index (χ1n) is 6.09. The van der Waals surface area contributed by atoms with Gasteiger partial charge in [0.25, 0.3) is 5.91 Å². The van der Waals surface area contributed by atoms with Crippen LogP contribution in [0.25, 0.3) is 0 Å². The molecule has 0 unspecified atom stereocenters. The highest BCUT2D eigenvalue weighted by molar-refractivity contribution is 6.00. The Hall–Kier alpha value is -3.20. The molecule has 0 radical (unpaired) electrons. The van der Waals surface area contributed by atoms with Crippen molar-refractivity contribution in [2.24, 2.45) is 5.73 Å². The van der Waals surface area contributed by atoms with Crippen molar-refractivity contribution < 1.29 is 9.53 Å². The van der Waals surface area contributed by atoms with E-state index in [9.17, 15) is 4.79 Å². The quantitative estimate of drug-likeness (QED) is 0.742. The van der Waals surface area contributed by atoms with Crippen LogP contribution in [-0.4, -0.2) is 13.0 Å². The van der Waals surface area contributed by atoms with E-state index in [0.29, 0.717) is 33.9 Å². The third-order valence-electron chi connectivity index (χ3n) is 2.91. The Balaban J connectivity index is 2.45. The lowest BCUT2D eigenvalue weighted by molar-refractivity contribution is 0.100. The average molecular weight is 282 g/mol. The highest BCUT2D eigenvalue weighted by Crippen LogP contribution is 2.30. The van der Waals surface area contributed by atoms with E-state index in [4.69, 9.17) is 21.5 Å². The van der Waals surface area contributed by atoms with Crippen molar-refractivity contribution in [3.05, 3.63) is 47.5 Å². The molecule has 6 heteroatoms. The van der Waals surface area contributed by atoms with Gasteiger partial charge in [-0.3, -0.25) is 4.79 Å². The summed E-state index contributed by atoms with van der Waals surface area (Å²) in [5.74, 6) is -0.0861. The fourth-order valence-corrected chi connectivity index (χ4v) is 1.89. The molecule has 0 fully saturated rings. The molecule has 0 saturated heterocycles. The second-order valence-electron chi connectivity index (χ2n) is 4.32. The molecule has 0 atom stereocenters. The number of nitrogens with two attached hydrogens (primary N) is 2. The predicted molar refractivity (Wildman–Crippen MR) is 80.4 cm³/mol. The summed E-state index contributed by atoms with van der Waals surface area (Å²) in [5, 5.41) is 11.9. The van der Waals surface area contributed by atoms with Crippen LogP contribution in [0.3, 0.4) is 0 Å².